The van der Waals surface area contributed by atoms with E-state index in [1.807, 2.05) is 30.1 Å². The van der Waals surface area contributed by atoms with Gasteiger partial charge in [-0.05, 0) is 25.3 Å². The second kappa shape index (κ2) is 6.58. The second-order valence-electron chi connectivity index (χ2n) is 5.32. The number of likely N-dealkylation sites (N-methyl/N-ethyl adjacent to an activating group) is 1. The van der Waals surface area contributed by atoms with Crippen LogP contribution in [0.3, 0.4) is 0 Å². The SMILES string of the molecule is CCC(C)C(C(=O)N(C)C(C)C)c1ccccc1. The molecule has 0 saturated heterocycles. The molecule has 0 aliphatic rings. The van der Waals surface area contributed by atoms with Crippen molar-refractivity contribution in [1.82, 2.24) is 4.90 Å². The normalized spacial score (nSPS) is 14.3. The first-order valence-corrected chi connectivity index (χ1v) is 6.80. The largest absolute Gasteiger partial charge is 0.343 e. The van der Waals surface area contributed by atoms with Crippen LogP contribution in [-0.2, 0) is 4.79 Å². The molecule has 0 N–H and O–H groups in total. The third kappa shape index (κ3) is 3.34. The van der Waals surface area contributed by atoms with Gasteiger partial charge in [0.25, 0.3) is 0 Å². The Kier molecular flexibility index (Phi) is 5.39. The van der Waals surface area contributed by atoms with Crippen LogP contribution in [0.5, 0.6) is 0 Å². The molecule has 0 spiro atoms. The van der Waals surface area contributed by atoms with Crippen molar-refractivity contribution in [3.05, 3.63) is 35.9 Å². The van der Waals surface area contributed by atoms with Crippen LogP contribution < -0.4 is 0 Å². The van der Waals surface area contributed by atoms with Gasteiger partial charge >= 0.3 is 0 Å². The average Bonchev–Trinajstić information content (AvgIpc) is 2.38. The Bertz CT molecular complexity index is 372. The molecule has 2 heteroatoms. The Balaban J connectivity index is 3.03. The van der Waals surface area contributed by atoms with Crippen LogP contribution in [0.4, 0.5) is 0 Å². The van der Waals surface area contributed by atoms with Gasteiger partial charge in [-0.1, -0.05) is 50.6 Å². The molecular weight excluding hydrogens is 222 g/mol. The summed E-state index contributed by atoms with van der Waals surface area (Å²) in [5.74, 6) is 0.565. The number of carbonyl (C=O) groups excluding carboxylic acids is 1. The van der Waals surface area contributed by atoms with E-state index in [0.29, 0.717) is 5.92 Å². The van der Waals surface area contributed by atoms with Gasteiger partial charge in [0.15, 0.2) is 0 Å². The number of nitrogens with zero attached hydrogens (tertiary/aromatic N) is 1. The van der Waals surface area contributed by atoms with Gasteiger partial charge in [-0.15, -0.1) is 0 Å². The van der Waals surface area contributed by atoms with Gasteiger partial charge in [-0.3, -0.25) is 4.79 Å². The Hall–Kier alpha value is -1.31. The van der Waals surface area contributed by atoms with Crippen molar-refractivity contribution in [2.75, 3.05) is 7.05 Å². The standard InChI is InChI=1S/C16H25NO/c1-6-13(4)15(14-10-8-7-9-11-14)16(18)17(5)12(2)3/h7-13,15H,6H2,1-5H3. The van der Waals surface area contributed by atoms with E-state index in [0.717, 1.165) is 12.0 Å². The number of hydrogen-bond donors (Lipinski definition) is 0. The summed E-state index contributed by atoms with van der Waals surface area (Å²) in [7, 11) is 1.89. The van der Waals surface area contributed by atoms with E-state index in [9.17, 15) is 4.79 Å². The predicted octanol–water partition coefficient (Wildman–Crippen LogP) is 3.68. The lowest BCUT2D eigenvalue weighted by atomic mass is 9.84. The maximum absolute atomic E-state index is 12.6. The molecule has 0 aromatic heterocycles. The quantitative estimate of drug-likeness (QED) is 0.777. The van der Waals surface area contributed by atoms with Crippen LogP contribution in [-0.4, -0.2) is 23.9 Å². The highest BCUT2D eigenvalue weighted by molar-refractivity contribution is 5.84. The maximum atomic E-state index is 12.6. The van der Waals surface area contributed by atoms with Gasteiger partial charge in [0.1, 0.15) is 0 Å². The number of rotatable bonds is 5. The van der Waals surface area contributed by atoms with E-state index in [-0.39, 0.29) is 17.9 Å². The van der Waals surface area contributed by atoms with E-state index in [1.165, 1.54) is 0 Å². The minimum atomic E-state index is -0.0244. The third-order valence-corrected chi connectivity index (χ3v) is 3.76. The second-order valence-corrected chi connectivity index (χ2v) is 5.32. The molecule has 0 radical (unpaired) electrons. The van der Waals surface area contributed by atoms with Crippen LogP contribution in [0.25, 0.3) is 0 Å². The van der Waals surface area contributed by atoms with Crippen molar-refractivity contribution >= 4 is 5.91 Å². The molecule has 2 nitrogen and oxygen atoms in total. The molecule has 0 heterocycles. The molecule has 2 atom stereocenters. The molecule has 0 fully saturated rings. The summed E-state index contributed by atoms with van der Waals surface area (Å²) < 4.78 is 0. The summed E-state index contributed by atoms with van der Waals surface area (Å²) in [6, 6.07) is 10.4. The molecule has 1 rings (SSSR count). The smallest absolute Gasteiger partial charge is 0.230 e. The molecule has 18 heavy (non-hydrogen) atoms. The number of hydrogen-bond acceptors (Lipinski definition) is 1. The minimum absolute atomic E-state index is 0.0244. The van der Waals surface area contributed by atoms with Crippen LogP contribution in [0.2, 0.25) is 0 Å². The molecule has 0 saturated carbocycles. The summed E-state index contributed by atoms with van der Waals surface area (Å²) in [6.07, 6.45) is 1.01. The van der Waals surface area contributed by atoms with Crippen molar-refractivity contribution in [3.63, 3.8) is 0 Å². The Labute approximate surface area is 111 Å². The number of benzene rings is 1. The molecule has 2 unspecified atom stereocenters. The first kappa shape index (κ1) is 14.7. The van der Waals surface area contributed by atoms with Crippen molar-refractivity contribution in [2.24, 2.45) is 5.92 Å². The van der Waals surface area contributed by atoms with E-state index < -0.39 is 0 Å². The van der Waals surface area contributed by atoms with E-state index in [4.69, 9.17) is 0 Å². The van der Waals surface area contributed by atoms with Gasteiger partial charge in [-0.25, -0.2) is 0 Å². The van der Waals surface area contributed by atoms with Crippen molar-refractivity contribution in [1.29, 1.82) is 0 Å². The fourth-order valence-corrected chi connectivity index (χ4v) is 2.08. The Morgan fingerprint density at radius 2 is 1.72 bits per heavy atom. The summed E-state index contributed by atoms with van der Waals surface area (Å²) in [4.78, 5) is 14.5. The molecule has 1 amide bonds. The number of carbonyl (C=O) groups is 1. The van der Waals surface area contributed by atoms with Gasteiger partial charge in [0.2, 0.25) is 5.91 Å². The molecular formula is C16H25NO. The summed E-state index contributed by atoms with van der Waals surface area (Å²) in [5, 5.41) is 0. The fourth-order valence-electron chi connectivity index (χ4n) is 2.08. The van der Waals surface area contributed by atoms with Crippen LogP contribution in [0, 0.1) is 5.92 Å². The summed E-state index contributed by atoms with van der Waals surface area (Å²) >= 11 is 0. The molecule has 0 aliphatic heterocycles. The highest BCUT2D eigenvalue weighted by Crippen LogP contribution is 2.29. The van der Waals surface area contributed by atoms with Gasteiger partial charge < -0.3 is 4.90 Å². The van der Waals surface area contributed by atoms with Gasteiger partial charge in [-0.2, -0.15) is 0 Å². The van der Waals surface area contributed by atoms with E-state index >= 15 is 0 Å². The van der Waals surface area contributed by atoms with Crippen molar-refractivity contribution in [2.45, 2.75) is 46.1 Å². The van der Waals surface area contributed by atoms with Crippen LogP contribution >= 0.6 is 0 Å². The third-order valence-electron chi connectivity index (χ3n) is 3.76. The zero-order valence-electron chi connectivity index (χ0n) is 12.2. The lowest BCUT2D eigenvalue weighted by molar-refractivity contribution is -0.134. The average molecular weight is 247 g/mol. The molecule has 0 bridgehead atoms. The monoisotopic (exact) mass is 247 g/mol. The highest BCUT2D eigenvalue weighted by atomic mass is 16.2. The molecule has 1 aromatic rings. The lowest BCUT2D eigenvalue weighted by Gasteiger charge is -2.30. The molecule has 1 aromatic carbocycles. The highest BCUT2D eigenvalue weighted by Gasteiger charge is 2.29. The van der Waals surface area contributed by atoms with Gasteiger partial charge in [0.05, 0.1) is 5.92 Å². The Morgan fingerprint density at radius 1 is 1.17 bits per heavy atom. The molecule has 0 aliphatic carbocycles. The summed E-state index contributed by atoms with van der Waals surface area (Å²) in [6.45, 7) is 8.40. The van der Waals surface area contributed by atoms with Crippen molar-refractivity contribution < 1.29 is 4.79 Å². The van der Waals surface area contributed by atoms with E-state index in [1.54, 1.807) is 0 Å². The van der Waals surface area contributed by atoms with Crippen LogP contribution in [0.1, 0.15) is 45.6 Å². The maximum Gasteiger partial charge on any atom is 0.230 e. The fraction of sp³-hybridized carbons (Fsp3) is 0.562. The minimum Gasteiger partial charge on any atom is -0.343 e. The van der Waals surface area contributed by atoms with E-state index in [2.05, 4.69) is 39.8 Å². The number of amides is 1. The first-order chi connectivity index (χ1) is 8.49. The van der Waals surface area contributed by atoms with Gasteiger partial charge in [0, 0.05) is 13.1 Å². The lowest BCUT2D eigenvalue weighted by Crippen LogP contribution is -2.38. The van der Waals surface area contributed by atoms with Crippen molar-refractivity contribution in [3.8, 4) is 0 Å². The Morgan fingerprint density at radius 3 is 2.17 bits per heavy atom. The first-order valence-electron chi connectivity index (χ1n) is 6.80. The summed E-state index contributed by atoms with van der Waals surface area (Å²) in [5.41, 5.74) is 1.13. The zero-order valence-corrected chi connectivity index (χ0v) is 12.2. The van der Waals surface area contributed by atoms with Crippen LogP contribution in [0.15, 0.2) is 30.3 Å². The zero-order chi connectivity index (χ0) is 13.7. The topological polar surface area (TPSA) is 20.3 Å². The molecule has 100 valence electrons. The predicted molar refractivity (Wildman–Crippen MR) is 76.5 cm³/mol.